The number of hydrogen-bond acceptors (Lipinski definition) is 4. The summed E-state index contributed by atoms with van der Waals surface area (Å²) in [5.41, 5.74) is 0. The normalized spacial score (nSPS) is 42.2. The molecular weight excluding hydrogens is 252 g/mol. The fraction of sp³-hybridized carbons (Fsp3) is 0.917. The van der Waals surface area contributed by atoms with Gasteiger partial charge in [0.25, 0.3) is 0 Å². The van der Waals surface area contributed by atoms with Gasteiger partial charge >= 0.3 is 0 Å². The molecule has 5 nitrogen and oxygen atoms in total. The summed E-state index contributed by atoms with van der Waals surface area (Å²) in [5.74, 6) is 1.12. The number of rotatable bonds is 1. The molecule has 4 atom stereocenters. The predicted octanol–water partition coefficient (Wildman–Crippen LogP) is -0.513. The van der Waals surface area contributed by atoms with E-state index in [4.69, 9.17) is 0 Å². The Morgan fingerprint density at radius 3 is 2.72 bits per heavy atom. The van der Waals surface area contributed by atoms with E-state index in [1.165, 1.54) is 0 Å². The fourth-order valence-electron chi connectivity index (χ4n) is 3.68. The third kappa shape index (κ3) is 1.95. The van der Waals surface area contributed by atoms with Gasteiger partial charge in [0.05, 0.1) is 17.4 Å². The molecule has 0 aromatic rings. The lowest BCUT2D eigenvalue weighted by Gasteiger charge is -2.26. The summed E-state index contributed by atoms with van der Waals surface area (Å²) in [7, 11) is -2.97. The minimum Gasteiger partial charge on any atom is -0.339 e. The van der Waals surface area contributed by atoms with E-state index in [1.807, 2.05) is 4.90 Å². The Morgan fingerprint density at radius 1 is 1.33 bits per heavy atom. The molecule has 0 radical (unpaired) electrons. The third-order valence-corrected chi connectivity index (χ3v) is 6.57. The minimum absolute atomic E-state index is 0.0582. The molecule has 4 unspecified atom stereocenters. The molecule has 3 fully saturated rings. The number of hydrogen-bond donors (Lipinski definition) is 1. The molecule has 3 heterocycles. The van der Waals surface area contributed by atoms with Gasteiger partial charge in [0, 0.05) is 25.7 Å². The number of carbonyl (C=O) groups is 1. The highest BCUT2D eigenvalue weighted by molar-refractivity contribution is 7.91. The minimum atomic E-state index is -2.97. The van der Waals surface area contributed by atoms with Gasteiger partial charge in [0.1, 0.15) is 0 Å². The smallest absolute Gasteiger partial charge is 0.227 e. The number of nitrogens with one attached hydrogen (secondary N) is 1. The Kier molecular flexibility index (Phi) is 2.90. The van der Waals surface area contributed by atoms with Gasteiger partial charge in [-0.05, 0) is 25.2 Å². The van der Waals surface area contributed by atoms with Crippen LogP contribution >= 0.6 is 0 Å². The molecule has 1 amide bonds. The second kappa shape index (κ2) is 4.20. The first-order valence-electron chi connectivity index (χ1n) is 6.69. The van der Waals surface area contributed by atoms with E-state index in [1.54, 1.807) is 0 Å². The van der Waals surface area contributed by atoms with Crippen LogP contribution in [0.2, 0.25) is 0 Å². The molecule has 3 aliphatic heterocycles. The average molecular weight is 272 g/mol. The lowest BCUT2D eigenvalue weighted by molar-refractivity contribution is -0.135. The first-order chi connectivity index (χ1) is 8.48. The lowest BCUT2D eigenvalue weighted by Crippen LogP contribution is -2.41. The van der Waals surface area contributed by atoms with Crippen molar-refractivity contribution in [3.8, 4) is 0 Å². The van der Waals surface area contributed by atoms with Crippen molar-refractivity contribution in [1.82, 2.24) is 10.2 Å². The van der Waals surface area contributed by atoms with Gasteiger partial charge in [-0.3, -0.25) is 4.79 Å². The highest BCUT2D eigenvalue weighted by Crippen LogP contribution is 2.34. The van der Waals surface area contributed by atoms with Crippen LogP contribution in [-0.2, 0) is 14.6 Å². The van der Waals surface area contributed by atoms with E-state index in [0.717, 1.165) is 19.6 Å². The molecule has 6 heteroatoms. The molecule has 102 valence electrons. The van der Waals surface area contributed by atoms with Crippen LogP contribution in [0.15, 0.2) is 0 Å². The average Bonchev–Trinajstić information content (AvgIpc) is 2.95. The Balaban J connectivity index is 1.71. The van der Waals surface area contributed by atoms with Crippen LogP contribution in [0, 0.1) is 17.8 Å². The molecule has 18 heavy (non-hydrogen) atoms. The van der Waals surface area contributed by atoms with Crippen molar-refractivity contribution in [2.45, 2.75) is 19.4 Å². The van der Waals surface area contributed by atoms with Crippen LogP contribution in [0.5, 0.6) is 0 Å². The van der Waals surface area contributed by atoms with E-state index in [2.05, 4.69) is 12.2 Å². The predicted molar refractivity (Wildman–Crippen MR) is 67.8 cm³/mol. The van der Waals surface area contributed by atoms with Gasteiger partial charge < -0.3 is 10.2 Å². The zero-order valence-electron chi connectivity index (χ0n) is 10.6. The number of likely N-dealkylation sites (tertiary alicyclic amines) is 1. The Bertz CT molecular complexity index is 462. The second-order valence-corrected chi connectivity index (χ2v) is 8.14. The largest absolute Gasteiger partial charge is 0.339 e. The maximum atomic E-state index is 12.4. The Labute approximate surface area is 108 Å². The first kappa shape index (κ1) is 12.4. The molecule has 3 aliphatic rings. The number of nitrogens with zero attached hydrogens (tertiary/aromatic N) is 1. The SMILES string of the molecule is CC1C2CNCC2CN1C(=O)C1CCS(=O)(=O)C1. The number of sulfone groups is 1. The van der Waals surface area contributed by atoms with Crippen molar-refractivity contribution < 1.29 is 13.2 Å². The highest BCUT2D eigenvalue weighted by atomic mass is 32.2. The van der Waals surface area contributed by atoms with E-state index in [-0.39, 0.29) is 29.4 Å². The Morgan fingerprint density at radius 2 is 2.11 bits per heavy atom. The molecule has 0 aromatic heterocycles. The van der Waals surface area contributed by atoms with Crippen LogP contribution in [0.4, 0.5) is 0 Å². The topological polar surface area (TPSA) is 66.5 Å². The van der Waals surface area contributed by atoms with Gasteiger partial charge in [-0.15, -0.1) is 0 Å². The summed E-state index contributed by atoms with van der Waals surface area (Å²) in [4.78, 5) is 14.4. The quantitative estimate of drug-likeness (QED) is 0.698. The summed E-state index contributed by atoms with van der Waals surface area (Å²) in [6, 6.07) is 0.251. The highest BCUT2D eigenvalue weighted by Gasteiger charge is 2.46. The maximum absolute atomic E-state index is 12.4. The van der Waals surface area contributed by atoms with E-state index in [9.17, 15) is 13.2 Å². The zero-order chi connectivity index (χ0) is 12.9. The number of carbonyl (C=O) groups excluding carboxylic acids is 1. The monoisotopic (exact) mass is 272 g/mol. The van der Waals surface area contributed by atoms with E-state index in [0.29, 0.717) is 18.3 Å². The molecule has 0 saturated carbocycles. The molecule has 0 spiro atoms. The van der Waals surface area contributed by atoms with Crippen molar-refractivity contribution in [3.63, 3.8) is 0 Å². The van der Waals surface area contributed by atoms with E-state index >= 15 is 0 Å². The van der Waals surface area contributed by atoms with E-state index < -0.39 is 9.84 Å². The standard InChI is InChI=1S/C12H20N2O3S/c1-8-11-5-13-4-10(11)6-14(8)12(15)9-2-3-18(16,17)7-9/h8-11,13H,2-7H2,1H3. The first-order valence-corrected chi connectivity index (χ1v) is 8.52. The summed E-state index contributed by atoms with van der Waals surface area (Å²) < 4.78 is 22.9. The van der Waals surface area contributed by atoms with Crippen LogP contribution < -0.4 is 5.32 Å². The zero-order valence-corrected chi connectivity index (χ0v) is 11.4. The van der Waals surface area contributed by atoms with Crippen molar-refractivity contribution in [1.29, 1.82) is 0 Å². The second-order valence-electron chi connectivity index (χ2n) is 5.91. The number of fused-ring (bicyclic) bond motifs is 1. The molecular formula is C12H20N2O3S. The maximum Gasteiger partial charge on any atom is 0.227 e. The fourth-order valence-corrected chi connectivity index (χ4v) is 5.42. The van der Waals surface area contributed by atoms with Gasteiger partial charge in [0.2, 0.25) is 5.91 Å². The van der Waals surface area contributed by atoms with Crippen LogP contribution in [0.3, 0.4) is 0 Å². The van der Waals surface area contributed by atoms with Gasteiger partial charge in [-0.25, -0.2) is 8.42 Å². The van der Waals surface area contributed by atoms with Crippen LogP contribution in [0.1, 0.15) is 13.3 Å². The molecule has 0 aliphatic carbocycles. The number of amides is 1. The van der Waals surface area contributed by atoms with Crippen molar-refractivity contribution in [3.05, 3.63) is 0 Å². The van der Waals surface area contributed by atoms with Crippen molar-refractivity contribution in [2.75, 3.05) is 31.1 Å². The summed E-state index contributed by atoms with van der Waals surface area (Å²) >= 11 is 0. The van der Waals surface area contributed by atoms with Crippen LogP contribution in [-0.4, -0.2) is 56.4 Å². The van der Waals surface area contributed by atoms with Crippen molar-refractivity contribution >= 4 is 15.7 Å². The van der Waals surface area contributed by atoms with Gasteiger partial charge in [-0.1, -0.05) is 0 Å². The summed E-state index contributed by atoms with van der Waals surface area (Å²) in [6.45, 7) is 4.87. The molecule has 0 bridgehead atoms. The summed E-state index contributed by atoms with van der Waals surface area (Å²) in [5, 5.41) is 3.36. The Hall–Kier alpha value is -0.620. The van der Waals surface area contributed by atoms with Gasteiger partial charge in [-0.2, -0.15) is 0 Å². The molecule has 3 rings (SSSR count). The molecule has 0 aromatic carbocycles. The lowest BCUT2D eigenvalue weighted by atomic mass is 9.95. The molecule has 1 N–H and O–H groups in total. The van der Waals surface area contributed by atoms with Crippen molar-refractivity contribution in [2.24, 2.45) is 17.8 Å². The van der Waals surface area contributed by atoms with Gasteiger partial charge in [0.15, 0.2) is 9.84 Å². The molecule has 3 saturated heterocycles. The third-order valence-electron chi connectivity index (χ3n) is 4.80. The summed E-state index contributed by atoms with van der Waals surface area (Å²) in [6.07, 6.45) is 0.512. The van der Waals surface area contributed by atoms with Crippen LogP contribution in [0.25, 0.3) is 0 Å².